The predicted molar refractivity (Wildman–Crippen MR) is 110 cm³/mol. The van der Waals surface area contributed by atoms with E-state index in [4.69, 9.17) is 0 Å². The van der Waals surface area contributed by atoms with E-state index in [1.165, 1.54) is 0 Å². The molecular formula is C21H29N5O. The summed E-state index contributed by atoms with van der Waals surface area (Å²) < 4.78 is 0. The Hall–Kier alpha value is -2.63. The standard InChI is InChI=1S/C21H29N5O/c1-3-22-19-14-20(24-15-23-19)26-11-9-17(10-12-26)7-8-21(27)25-18-6-4-5-16(2)13-18/h4-6,13-15,17H,3,7-12H2,1-2H3,(H,25,27)(H,22,23,24). The van der Waals surface area contributed by atoms with E-state index in [0.717, 1.165) is 61.8 Å². The van der Waals surface area contributed by atoms with E-state index in [1.54, 1.807) is 6.33 Å². The Balaban J connectivity index is 1.43. The Morgan fingerprint density at radius 2 is 2.04 bits per heavy atom. The van der Waals surface area contributed by atoms with Gasteiger partial charge in [-0.3, -0.25) is 4.79 Å². The summed E-state index contributed by atoms with van der Waals surface area (Å²) in [6, 6.07) is 9.95. The number of hydrogen-bond acceptors (Lipinski definition) is 5. The highest BCUT2D eigenvalue weighted by Crippen LogP contribution is 2.26. The van der Waals surface area contributed by atoms with E-state index in [0.29, 0.717) is 12.3 Å². The molecule has 0 radical (unpaired) electrons. The maximum Gasteiger partial charge on any atom is 0.224 e. The molecule has 27 heavy (non-hydrogen) atoms. The molecule has 3 rings (SSSR count). The van der Waals surface area contributed by atoms with Gasteiger partial charge < -0.3 is 15.5 Å². The maximum absolute atomic E-state index is 12.2. The molecule has 0 unspecified atom stereocenters. The summed E-state index contributed by atoms with van der Waals surface area (Å²) in [7, 11) is 0. The number of benzene rings is 1. The summed E-state index contributed by atoms with van der Waals surface area (Å²) >= 11 is 0. The number of carbonyl (C=O) groups excluding carboxylic acids is 1. The summed E-state index contributed by atoms with van der Waals surface area (Å²) in [6.45, 7) is 6.90. The molecule has 2 N–H and O–H groups in total. The molecule has 0 aliphatic carbocycles. The van der Waals surface area contributed by atoms with Crippen molar-refractivity contribution in [2.45, 2.75) is 39.5 Å². The fourth-order valence-electron chi connectivity index (χ4n) is 3.53. The number of aryl methyl sites for hydroxylation is 1. The second-order valence-corrected chi connectivity index (χ2v) is 7.18. The van der Waals surface area contributed by atoms with Crippen molar-refractivity contribution in [3.63, 3.8) is 0 Å². The topological polar surface area (TPSA) is 70.2 Å². The quantitative estimate of drug-likeness (QED) is 0.778. The number of aromatic nitrogens is 2. The van der Waals surface area contributed by atoms with E-state index in [2.05, 4.69) is 32.4 Å². The molecule has 0 spiro atoms. The summed E-state index contributed by atoms with van der Waals surface area (Å²) in [4.78, 5) is 23.2. The minimum atomic E-state index is 0.106. The van der Waals surface area contributed by atoms with Gasteiger partial charge >= 0.3 is 0 Å². The van der Waals surface area contributed by atoms with Crippen LogP contribution in [0.25, 0.3) is 0 Å². The molecule has 2 aromatic rings. The van der Waals surface area contributed by atoms with Crippen LogP contribution >= 0.6 is 0 Å². The van der Waals surface area contributed by atoms with E-state index in [-0.39, 0.29) is 5.91 Å². The van der Waals surface area contributed by atoms with Gasteiger partial charge in [-0.2, -0.15) is 0 Å². The van der Waals surface area contributed by atoms with Crippen LogP contribution in [0.1, 0.15) is 38.2 Å². The van der Waals surface area contributed by atoms with Crippen LogP contribution in [0.4, 0.5) is 17.3 Å². The van der Waals surface area contributed by atoms with Gasteiger partial charge in [-0.25, -0.2) is 9.97 Å². The highest BCUT2D eigenvalue weighted by molar-refractivity contribution is 5.90. The molecule has 1 fully saturated rings. The highest BCUT2D eigenvalue weighted by atomic mass is 16.1. The monoisotopic (exact) mass is 367 g/mol. The van der Waals surface area contributed by atoms with Crippen molar-refractivity contribution >= 4 is 23.2 Å². The van der Waals surface area contributed by atoms with Crippen LogP contribution in [-0.2, 0) is 4.79 Å². The van der Waals surface area contributed by atoms with Crippen molar-refractivity contribution < 1.29 is 4.79 Å². The number of carbonyl (C=O) groups is 1. The van der Waals surface area contributed by atoms with E-state index in [1.807, 2.05) is 37.3 Å². The lowest BCUT2D eigenvalue weighted by Crippen LogP contribution is -2.34. The molecule has 1 aromatic heterocycles. The molecule has 0 saturated carbocycles. The summed E-state index contributed by atoms with van der Waals surface area (Å²) in [5.41, 5.74) is 2.04. The Labute approximate surface area is 161 Å². The Kier molecular flexibility index (Phi) is 6.63. The minimum absolute atomic E-state index is 0.106. The normalized spacial score (nSPS) is 14.8. The molecule has 144 valence electrons. The highest BCUT2D eigenvalue weighted by Gasteiger charge is 2.21. The third kappa shape index (κ3) is 5.67. The van der Waals surface area contributed by atoms with Crippen LogP contribution in [0.15, 0.2) is 36.7 Å². The van der Waals surface area contributed by atoms with Crippen molar-refractivity contribution in [3.05, 3.63) is 42.2 Å². The molecule has 1 saturated heterocycles. The predicted octanol–water partition coefficient (Wildman–Crippen LogP) is 3.85. The Morgan fingerprint density at radius 3 is 2.78 bits per heavy atom. The number of nitrogens with one attached hydrogen (secondary N) is 2. The SMILES string of the molecule is CCNc1cc(N2CCC(CCC(=O)Nc3cccc(C)c3)CC2)ncn1. The lowest BCUT2D eigenvalue weighted by atomic mass is 9.92. The van der Waals surface area contributed by atoms with Crippen LogP contribution < -0.4 is 15.5 Å². The third-order valence-corrected chi connectivity index (χ3v) is 5.03. The number of rotatable bonds is 7. The first-order valence-electron chi connectivity index (χ1n) is 9.81. The Morgan fingerprint density at radius 1 is 1.22 bits per heavy atom. The number of hydrogen-bond donors (Lipinski definition) is 2. The van der Waals surface area contributed by atoms with E-state index >= 15 is 0 Å². The average molecular weight is 367 g/mol. The number of amides is 1. The molecule has 1 aliphatic rings. The maximum atomic E-state index is 12.2. The van der Waals surface area contributed by atoms with Gasteiger partial charge in [-0.1, -0.05) is 12.1 Å². The van der Waals surface area contributed by atoms with Crippen molar-refractivity contribution in [2.24, 2.45) is 5.92 Å². The molecule has 1 amide bonds. The summed E-state index contributed by atoms with van der Waals surface area (Å²) in [5, 5.41) is 6.23. The molecule has 6 heteroatoms. The lowest BCUT2D eigenvalue weighted by molar-refractivity contribution is -0.116. The van der Waals surface area contributed by atoms with Gasteiger partial charge in [0.05, 0.1) is 0 Å². The van der Waals surface area contributed by atoms with Gasteiger partial charge in [0.25, 0.3) is 0 Å². The van der Waals surface area contributed by atoms with Gasteiger partial charge in [-0.15, -0.1) is 0 Å². The molecule has 0 bridgehead atoms. The average Bonchev–Trinajstić information content (AvgIpc) is 2.67. The first-order valence-corrected chi connectivity index (χ1v) is 9.81. The molecule has 2 heterocycles. The Bertz CT molecular complexity index is 756. The molecule has 0 atom stereocenters. The fourth-order valence-corrected chi connectivity index (χ4v) is 3.53. The van der Waals surface area contributed by atoms with Crippen LogP contribution in [0, 0.1) is 12.8 Å². The van der Waals surface area contributed by atoms with Crippen LogP contribution in [0.5, 0.6) is 0 Å². The zero-order chi connectivity index (χ0) is 19.1. The number of anilines is 3. The lowest BCUT2D eigenvalue weighted by Gasteiger charge is -2.32. The second kappa shape index (κ2) is 9.35. The molecule has 1 aromatic carbocycles. The number of piperidine rings is 1. The summed E-state index contributed by atoms with van der Waals surface area (Å²) in [5.74, 6) is 2.56. The summed E-state index contributed by atoms with van der Waals surface area (Å²) in [6.07, 6.45) is 5.33. The number of nitrogens with zero attached hydrogens (tertiary/aromatic N) is 3. The van der Waals surface area contributed by atoms with Crippen LogP contribution in [-0.4, -0.2) is 35.5 Å². The first kappa shape index (κ1) is 19.1. The second-order valence-electron chi connectivity index (χ2n) is 7.18. The van der Waals surface area contributed by atoms with Gasteiger partial charge in [0.15, 0.2) is 0 Å². The third-order valence-electron chi connectivity index (χ3n) is 5.03. The largest absolute Gasteiger partial charge is 0.370 e. The molecular weight excluding hydrogens is 338 g/mol. The van der Waals surface area contributed by atoms with Gasteiger partial charge in [0.2, 0.25) is 5.91 Å². The smallest absolute Gasteiger partial charge is 0.224 e. The van der Waals surface area contributed by atoms with E-state index in [9.17, 15) is 4.79 Å². The zero-order valence-electron chi connectivity index (χ0n) is 16.2. The van der Waals surface area contributed by atoms with Crippen molar-refractivity contribution in [1.29, 1.82) is 0 Å². The molecule has 6 nitrogen and oxygen atoms in total. The van der Waals surface area contributed by atoms with Gasteiger partial charge in [0.1, 0.15) is 18.0 Å². The van der Waals surface area contributed by atoms with Crippen molar-refractivity contribution in [3.8, 4) is 0 Å². The van der Waals surface area contributed by atoms with E-state index < -0.39 is 0 Å². The first-order chi connectivity index (χ1) is 13.1. The van der Waals surface area contributed by atoms with Gasteiger partial charge in [0, 0.05) is 37.8 Å². The van der Waals surface area contributed by atoms with Crippen molar-refractivity contribution in [1.82, 2.24) is 9.97 Å². The molecule has 1 aliphatic heterocycles. The zero-order valence-corrected chi connectivity index (χ0v) is 16.2. The van der Waals surface area contributed by atoms with Gasteiger partial charge in [-0.05, 0) is 56.7 Å². The van der Waals surface area contributed by atoms with Crippen LogP contribution in [0.2, 0.25) is 0 Å². The van der Waals surface area contributed by atoms with Crippen LogP contribution in [0.3, 0.4) is 0 Å². The minimum Gasteiger partial charge on any atom is -0.370 e. The fraction of sp³-hybridized carbons (Fsp3) is 0.476. The van der Waals surface area contributed by atoms with Crippen molar-refractivity contribution in [2.75, 3.05) is 35.2 Å².